The van der Waals surface area contributed by atoms with Crippen LogP contribution in [0.4, 0.5) is 0 Å². The maximum atomic E-state index is 8.86. The molecule has 3 heteroatoms. The summed E-state index contributed by atoms with van der Waals surface area (Å²) in [6.45, 7) is 5.49. The Hall–Kier alpha value is -0.120. The third-order valence-electron chi connectivity index (χ3n) is 2.90. The van der Waals surface area contributed by atoms with Crippen LogP contribution in [0, 0.1) is 11.8 Å². The topological polar surface area (TPSA) is 32.7 Å². The van der Waals surface area contributed by atoms with Gasteiger partial charge in [-0.2, -0.15) is 0 Å². The van der Waals surface area contributed by atoms with E-state index < -0.39 is 0 Å². The molecule has 0 aromatic carbocycles. The van der Waals surface area contributed by atoms with Crippen LogP contribution in [0.3, 0.4) is 0 Å². The first-order valence-electron chi connectivity index (χ1n) is 4.81. The van der Waals surface area contributed by atoms with Gasteiger partial charge in [0.25, 0.3) is 0 Å². The number of nitrogens with zero attached hydrogens (tertiary/aromatic N) is 1. The minimum atomic E-state index is 0.384. The van der Waals surface area contributed by atoms with Gasteiger partial charge in [-0.05, 0) is 18.3 Å². The molecule has 2 fully saturated rings. The van der Waals surface area contributed by atoms with Gasteiger partial charge >= 0.3 is 0 Å². The van der Waals surface area contributed by atoms with E-state index in [9.17, 15) is 0 Å². The first-order valence-corrected chi connectivity index (χ1v) is 4.81. The molecule has 0 spiro atoms. The molecule has 0 aromatic rings. The van der Waals surface area contributed by atoms with Crippen LogP contribution >= 0.6 is 0 Å². The molecule has 0 unspecified atom stereocenters. The highest BCUT2D eigenvalue weighted by Crippen LogP contribution is 2.38. The molecule has 12 heavy (non-hydrogen) atoms. The minimum absolute atomic E-state index is 0.384. The molecule has 1 aliphatic carbocycles. The van der Waals surface area contributed by atoms with Crippen LogP contribution in [0.15, 0.2) is 0 Å². The van der Waals surface area contributed by atoms with Crippen molar-refractivity contribution < 1.29 is 9.84 Å². The van der Waals surface area contributed by atoms with Crippen LogP contribution in [0.1, 0.15) is 6.42 Å². The Labute approximate surface area is 73.3 Å². The summed E-state index contributed by atoms with van der Waals surface area (Å²) < 4.78 is 5.26. The molecule has 0 amide bonds. The normalized spacial score (nSPS) is 36.8. The van der Waals surface area contributed by atoms with Gasteiger partial charge in [-0.1, -0.05) is 0 Å². The lowest BCUT2D eigenvalue weighted by molar-refractivity contribution is 0.0347. The summed E-state index contributed by atoms with van der Waals surface area (Å²) in [6, 6.07) is 0. The molecule has 1 saturated carbocycles. The second kappa shape index (κ2) is 3.73. The van der Waals surface area contributed by atoms with Crippen LogP contribution in [0.2, 0.25) is 0 Å². The Balaban J connectivity index is 1.66. The number of rotatable bonds is 3. The molecule has 1 heterocycles. The van der Waals surface area contributed by atoms with E-state index in [4.69, 9.17) is 9.84 Å². The summed E-state index contributed by atoms with van der Waals surface area (Å²) in [7, 11) is 0. The van der Waals surface area contributed by atoms with E-state index >= 15 is 0 Å². The number of aliphatic hydroxyl groups excluding tert-OH is 1. The van der Waals surface area contributed by atoms with Gasteiger partial charge in [0.15, 0.2) is 0 Å². The second-order valence-electron chi connectivity index (χ2n) is 3.85. The SMILES string of the molecule is OC[C@H]1C[C@H]1CN1CCOCC1. The fraction of sp³-hybridized carbons (Fsp3) is 1.00. The lowest BCUT2D eigenvalue weighted by Crippen LogP contribution is -2.37. The molecule has 2 aliphatic rings. The smallest absolute Gasteiger partial charge is 0.0594 e. The van der Waals surface area contributed by atoms with Crippen molar-refractivity contribution in [1.29, 1.82) is 0 Å². The number of aliphatic hydroxyl groups is 1. The van der Waals surface area contributed by atoms with Crippen molar-refractivity contribution in [3.05, 3.63) is 0 Å². The fourth-order valence-electron chi connectivity index (χ4n) is 1.87. The highest BCUT2D eigenvalue weighted by atomic mass is 16.5. The van der Waals surface area contributed by atoms with Gasteiger partial charge in [0, 0.05) is 26.2 Å². The standard InChI is InChI=1S/C9H17NO2/c11-7-9-5-8(9)6-10-1-3-12-4-2-10/h8-9,11H,1-7H2/t8-,9+/m0/s1. The predicted molar refractivity (Wildman–Crippen MR) is 45.9 cm³/mol. The predicted octanol–water partition coefficient (Wildman–Crippen LogP) is -0.0530. The van der Waals surface area contributed by atoms with Crippen LogP contribution in [-0.2, 0) is 4.74 Å². The van der Waals surface area contributed by atoms with Crippen molar-refractivity contribution >= 4 is 0 Å². The van der Waals surface area contributed by atoms with Crippen molar-refractivity contribution in [1.82, 2.24) is 4.90 Å². The van der Waals surface area contributed by atoms with Crippen LogP contribution in [0.25, 0.3) is 0 Å². The Morgan fingerprint density at radius 2 is 2.00 bits per heavy atom. The van der Waals surface area contributed by atoms with E-state index in [1.807, 2.05) is 0 Å². The Bertz CT molecular complexity index is 145. The third-order valence-corrected chi connectivity index (χ3v) is 2.90. The summed E-state index contributed by atoms with van der Waals surface area (Å²) in [5.74, 6) is 1.38. The Morgan fingerprint density at radius 3 is 2.58 bits per heavy atom. The highest BCUT2D eigenvalue weighted by molar-refractivity contribution is 4.88. The molecule has 70 valence electrons. The monoisotopic (exact) mass is 171 g/mol. The zero-order valence-electron chi connectivity index (χ0n) is 7.41. The first-order chi connectivity index (χ1) is 5.90. The molecular formula is C9H17NO2. The molecule has 0 radical (unpaired) electrons. The third kappa shape index (κ3) is 1.97. The first kappa shape index (κ1) is 8.48. The largest absolute Gasteiger partial charge is 0.396 e. The molecule has 1 saturated heterocycles. The molecule has 2 rings (SSSR count). The fourth-order valence-corrected chi connectivity index (χ4v) is 1.87. The molecule has 0 bridgehead atoms. The van der Waals surface area contributed by atoms with Crippen LogP contribution < -0.4 is 0 Å². The number of morpholine rings is 1. The molecule has 3 nitrogen and oxygen atoms in total. The van der Waals surface area contributed by atoms with E-state index in [1.165, 1.54) is 13.0 Å². The van der Waals surface area contributed by atoms with Gasteiger partial charge in [-0.3, -0.25) is 4.90 Å². The minimum Gasteiger partial charge on any atom is -0.396 e. The summed E-state index contributed by atoms with van der Waals surface area (Å²) >= 11 is 0. The Kier molecular flexibility index (Phi) is 2.63. The summed E-state index contributed by atoms with van der Waals surface area (Å²) in [5, 5.41) is 8.86. The van der Waals surface area contributed by atoms with E-state index in [0.29, 0.717) is 12.5 Å². The summed E-state index contributed by atoms with van der Waals surface area (Å²) in [4.78, 5) is 2.45. The van der Waals surface area contributed by atoms with Crippen molar-refractivity contribution in [3.63, 3.8) is 0 Å². The number of hydrogen-bond donors (Lipinski definition) is 1. The Morgan fingerprint density at radius 1 is 1.25 bits per heavy atom. The van der Waals surface area contributed by atoms with Gasteiger partial charge in [-0.25, -0.2) is 0 Å². The quantitative estimate of drug-likeness (QED) is 0.646. The van der Waals surface area contributed by atoms with Gasteiger partial charge in [-0.15, -0.1) is 0 Å². The zero-order valence-corrected chi connectivity index (χ0v) is 7.41. The van der Waals surface area contributed by atoms with E-state index in [2.05, 4.69) is 4.90 Å². The van der Waals surface area contributed by atoms with Gasteiger partial charge in [0.05, 0.1) is 13.2 Å². The number of hydrogen-bond acceptors (Lipinski definition) is 3. The van der Waals surface area contributed by atoms with Crippen molar-refractivity contribution in [2.45, 2.75) is 6.42 Å². The second-order valence-corrected chi connectivity index (χ2v) is 3.85. The zero-order chi connectivity index (χ0) is 8.39. The van der Waals surface area contributed by atoms with Crippen molar-refractivity contribution in [3.8, 4) is 0 Å². The molecule has 1 aliphatic heterocycles. The van der Waals surface area contributed by atoms with Gasteiger partial charge < -0.3 is 9.84 Å². The molecule has 1 N–H and O–H groups in total. The summed E-state index contributed by atoms with van der Waals surface area (Å²) in [6.07, 6.45) is 1.23. The van der Waals surface area contributed by atoms with Crippen LogP contribution in [0.5, 0.6) is 0 Å². The van der Waals surface area contributed by atoms with E-state index in [-0.39, 0.29) is 0 Å². The lowest BCUT2D eigenvalue weighted by atomic mass is 10.3. The van der Waals surface area contributed by atoms with E-state index in [0.717, 1.165) is 32.2 Å². The molecule has 0 aromatic heterocycles. The van der Waals surface area contributed by atoms with E-state index in [1.54, 1.807) is 0 Å². The van der Waals surface area contributed by atoms with Crippen molar-refractivity contribution in [2.24, 2.45) is 11.8 Å². The lowest BCUT2D eigenvalue weighted by Gasteiger charge is -2.26. The average Bonchev–Trinajstić information content (AvgIpc) is 2.85. The maximum Gasteiger partial charge on any atom is 0.0594 e. The van der Waals surface area contributed by atoms with Gasteiger partial charge in [0.2, 0.25) is 0 Å². The highest BCUT2D eigenvalue weighted by Gasteiger charge is 2.37. The molecular weight excluding hydrogens is 154 g/mol. The average molecular weight is 171 g/mol. The van der Waals surface area contributed by atoms with Crippen LogP contribution in [-0.4, -0.2) is 49.5 Å². The van der Waals surface area contributed by atoms with Gasteiger partial charge in [0.1, 0.15) is 0 Å². The van der Waals surface area contributed by atoms with Crippen molar-refractivity contribution in [2.75, 3.05) is 39.5 Å². The number of ether oxygens (including phenoxy) is 1. The summed E-state index contributed by atoms with van der Waals surface area (Å²) in [5.41, 5.74) is 0. The maximum absolute atomic E-state index is 8.86. The molecule has 2 atom stereocenters.